The van der Waals surface area contributed by atoms with E-state index in [9.17, 15) is 14.4 Å². The maximum absolute atomic E-state index is 12.2. The fourth-order valence-corrected chi connectivity index (χ4v) is 2.38. The summed E-state index contributed by atoms with van der Waals surface area (Å²) in [7, 11) is 0. The van der Waals surface area contributed by atoms with Gasteiger partial charge >= 0.3 is 5.97 Å². The Bertz CT molecular complexity index is 368. The Morgan fingerprint density at radius 2 is 2.11 bits per heavy atom. The van der Waals surface area contributed by atoms with Crippen molar-refractivity contribution >= 4 is 17.8 Å². The molecule has 0 radical (unpaired) electrons. The first-order chi connectivity index (χ1) is 8.88. The fourth-order valence-electron chi connectivity index (χ4n) is 2.38. The zero-order valence-electron chi connectivity index (χ0n) is 11.8. The second-order valence-electron chi connectivity index (χ2n) is 5.08. The number of carbonyl (C=O) groups excluding carboxylic acids is 2. The van der Waals surface area contributed by atoms with E-state index in [1.807, 2.05) is 25.7 Å². The molecule has 0 aromatic rings. The van der Waals surface area contributed by atoms with Crippen LogP contribution in [0.3, 0.4) is 0 Å². The highest BCUT2D eigenvalue weighted by molar-refractivity contribution is 6.05. The predicted octanol–water partition coefficient (Wildman–Crippen LogP) is 0.709. The lowest BCUT2D eigenvalue weighted by Crippen LogP contribution is -2.46. The lowest BCUT2D eigenvalue weighted by atomic mass is 10.1. The zero-order valence-corrected chi connectivity index (χ0v) is 11.8. The van der Waals surface area contributed by atoms with Crippen LogP contribution in [0.4, 0.5) is 0 Å². The Labute approximate surface area is 113 Å². The molecule has 0 aromatic carbocycles. The molecule has 1 saturated heterocycles. The van der Waals surface area contributed by atoms with Crippen LogP contribution in [-0.2, 0) is 14.4 Å². The molecule has 1 aliphatic heterocycles. The van der Waals surface area contributed by atoms with Gasteiger partial charge in [-0.15, -0.1) is 0 Å². The summed E-state index contributed by atoms with van der Waals surface area (Å²) in [6.45, 7) is 6.46. The van der Waals surface area contributed by atoms with E-state index in [4.69, 9.17) is 5.11 Å². The molecule has 1 fully saturated rings. The SMILES string of the molecule is CCCN1C(=O)CC(N(CCC(=O)O)C(C)C)C1=O. The Balaban J connectivity index is 2.77. The minimum Gasteiger partial charge on any atom is -0.481 e. The van der Waals surface area contributed by atoms with Crippen LogP contribution in [0.2, 0.25) is 0 Å². The van der Waals surface area contributed by atoms with Gasteiger partial charge in [-0.1, -0.05) is 6.92 Å². The van der Waals surface area contributed by atoms with Gasteiger partial charge in [-0.25, -0.2) is 0 Å². The molecule has 2 amide bonds. The van der Waals surface area contributed by atoms with Gasteiger partial charge in [0, 0.05) is 19.1 Å². The average molecular weight is 270 g/mol. The van der Waals surface area contributed by atoms with E-state index in [0.29, 0.717) is 6.54 Å². The highest BCUT2D eigenvalue weighted by Gasteiger charge is 2.41. The Morgan fingerprint density at radius 3 is 2.58 bits per heavy atom. The van der Waals surface area contributed by atoms with Crippen LogP contribution in [0.15, 0.2) is 0 Å². The molecule has 108 valence electrons. The van der Waals surface area contributed by atoms with Crippen molar-refractivity contribution in [3.8, 4) is 0 Å². The van der Waals surface area contributed by atoms with Crippen molar-refractivity contribution in [1.29, 1.82) is 0 Å². The van der Waals surface area contributed by atoms with Gasteiger partial charge in [0.15, 0.2) is 0 Å². The smallest absolute Gasteiger partial charge is 0.304 e. The van der Waals surface area contributed by atoms with Crippen LogP contribution in [0.1, 0.15) is 40.0 Å². The quantitative estimate of drug-likeness (QED) is 0.689. The number of hydrogen-bond donors (Lipinski definition) is 1. The number of hydrogen-bond acceptors (Lipinski definition) is 4. The van der Waals surface area contributed by atoms with Crippen molar-refractivity contribution in [3.05, 3.63) is 0 Å². The number of imide groups is 1. The number of aliphatic carboxylic acids is 1. The van der Waals surface area contributed by atoms with Crippen molar-refractivity contribution in [3.63, 3.8) is 0 Å². The maximum atomic E-state index is 12.2. The summed E-state index contributed by atoms with van der Waals surface area (Å²) in [5.74, 6) is -1.24. The standard InChI is InChI=1S/C13H22N2O4/c1-4-6-15-11(16)8-10(13(15)19)14(9(2)3)7-5-12(17)18/h9-10H,4-8H2,1-3H3,(H,17,18). The van der Waals surface area contributed by atoms with Crippen molar-refractivity contribution in [1.82, 2.24) is 9.80 Å². The second-order valence-corrected chi connectivity index (χ2v) is 5.08. The molecule has 0 bridgehead atoms. The van der Waals surface area contributed by atoms with Crippen molar-refractivity contribution in [2.24, 2.45) is 0 Å². The van der Waals surface area contributed by atoms with Crippen LogP contribution < -0.4 is 0 Å². The predicted molar refractivity (Wildman–Crippen MR) is 69.5 cm³/mol. The maximum Gasteiger partial charge on any atom is 0.304 e. The normalized spacial score (nSPS) is 19.8. The molecule has 0 aromatic heterocycles. The number of carboxylic acid groups (broad SMARTS) is 1. The monoisotopic (exact) mass is 270 g/mol. The third kappa shape index (κ3) is 3.76. The Kier molecular flexibility index (Phi) is 5.47. The zero-order chi connectivity index (χ0) is 14.6. The number of rotatable bonds is 7. The molecule has 19 heavy (non-hydrogen) atoms. The molecule has 1 rings (SSSR count). The van der Waals surface area contributed by atoms with Gasteiger partial charge < -0.3 is 5.11 Å². The first-order valence-corrected chi connectivity index (χ1v) is 6.70. The molecule has 6 nitrogen and oxygen atoms in total. The summed E-state index contributed by atoms with van der Waals surface area (Å²) in [6, 6.07) is -0.471. The van der Waals surface area contributed by atoms with Crippen molar-refractivity contribution in [2.75, 3.05) is 13.1 Å². The number of likely N-dealkylation sites (tertiary alicyclic amines) is 1. The van der Waals surface area contributed by atoms with E-state index in [-0.39, 0.29) is 37.2 Å². The summed E-state index contributed by atoms with van der Waals surface area (Å²) in [5.41, 5.74) is 0. The molecule has 1 N–H and O–H groups in total. The van der Waals surface area contributed by atoms with Gasteiger partial charge in [0.2, 0.25) is 11.8 Å². The van der Waals surface area contributed by atoms with Crippen LogP contribution in [0.5, 0.6) is 0 Å². The lowest BCUT2D eigenvalue weighted by Gasteiger charge is -2.30. The molecule has 0 saturated carbocycles. The summed E-state index contributed by atoms with van der Waals surface area (Å²) in [4.78, 5) is 37.8. The van der Waals surface area contributed by atoms with Gasteiger partial charge in [-0.05, 0) is 20.3 Å². The van der Waals surface area contributed by atoms with Crippen LogP contribution >= 0.6 is 0 Å². The van der Waals surface area contributed by atoms with Gasteiger partial charge in [0.05, 0.1) is 18.9 Å². The lowest BCUT2D eigenvalue weighted by molar-refractivity contribution is -0.141. The first kappa shape index (κ1) is 15.6. The molecule has 0 spiro atoms. The summed E-state index contributed by atoms with van der Waals surface area (Å²) < 4.78 is 0. The molecule has 0 aliphatic carbocycles. The number of nitrogens with zero attached hydrogens (tertiary/aromatic N) is 2. The van der Waals surface area contributed by atoms with Gasteiger partial charge in [-0.3, -0.25) is 24.2 Å². The molecule has 1 heterocycles. The average Bonchev–Trinajstić information content (AvgIpc) is 2.57. The highest BCUT2D eigenvalue weighted by atomic mass is 16.4. The number of carboxylic acids is 1. The highest BCUT2D eigenvalue weighted by Crippen LogP contribution is 2.21. The van der Waals surface area contributed by atoms with E-state index in [0.717, 1.165) is 6.42 Å². The van der Waals surface area contributed by atoms with Crippen molar-refractivity contribution in [2.45, 2.75) is 52.1 Å². The Morgan fingerprint density at radius 1 is 1.47 bits per heavy atom. The van der Waals surface area contributed by atoms with Gasteiger partial charge in [0.25, 0.3) is 0 Å². The minimum absolute atomic E-state index is 0.0239. The minimum atomic E-state index is -0.896. The third-order valence-corrected chi connectivity index (χ3v) is 3.31. The first-order valence-electron chi connectivity index (χ1n) is 6.70. The summed E-state index contributed by atoms with van der Waals surface area (Å²) in [5, 5.41) is 8.75. The van der Waals surface area contributed by atoms with E-state index < -0.39 is 12.0 Å². The number of carbonyl (C=O) groups is 3. The van der Waals surface area contributed by atoms with Crippen LogP contribution in [-0.4, -0.2) is 57.9 Å². The third-order valence-electron chi connectivity index (χ3n) is 3.31. The van der Waals surface area contributed by atoms with E-state index in [1.54, 1.807) is 0 Å². The molecule has 1 unspecified atom stereocenters. The van der Waals surface area contributed by atoms with Gasteiger partial charge in [-0.2, -0.15) is 0 Å². The Hall–Kier alpha value is -1.43. The van der Waals surface area contributed by atoms with E-state index >= 15 is 0 Å². The van der Waals surface area contributed by atoms with Crippen LogP contribution in [0, 0.1) is 0 Å². The fraction of sp³-hybridized carbons (Fsp3) is 0.769. The molecular formula is C13H22N2O4. The summed E-state index contributed by atoms with van der Waals surface area (Å²) in [6.07, 6.45) is 0.877. The number of amides is 2. The topological polar surface area (TPSA) is 77.9 Å². The van der Waals surface area contributed by atoms with Crippen molar-refractivity contribution < 1.29 is 19.5 Å². The van der Waals surface area contributed by atoms with E-state index in [2.05, 4.69) is 0 Å². The largest absolute Gasteiger partial charge is 0.481 e. The summed E-state index contributed by atoms with van der Waals surface area (Å²) >= 11 is 0. The molecule has 1 aliphatic rings. The molecular weight excluding hydrogens is 248 g/mol. The molecule has 6 heteroatoms. The molecule has 1 atom stereocenters. The van der Waals surface area contributed by atoms with Crippen LogP contribution in [0.25, 0.3) is 0 Å². The van der Waals surface area contributed by atoms with E-state index in [1.165, 1.54) is 4.90 Å². The second kappa shape index (κ2) is 6.65. The van der Waals surface area contributed by atoms with Gasteiger partial charge in [0.1, 0.15) is 0 Å².